The molecule has 0 radical (unpaired) electrons. The Balaban J connectivity index is 1.54. The number of anilines is 1. The van der Waals surface area contributed by atoms with Crippen LogP contribution in [0.3, 0.4) is 0 Å². The number of nitrogens with one attached hydrogen (secondary N) is 1. The van der Waals surface area contributed by atoms with E-state index in [1.54, 1.807) is 25.2 Å². The van der Waals surface area contributed by atoms with Gasteiger partial charge in [-0.1, -0.05) is 18.2 Å². The van der Waals surface area contributed by atoms with Crippen molar-refractivity contribution in [1.29, 1.82) is 0 Å². The van der Waals surface area contributed by atoms with Gasteiger partial charge in [0.1, 0.15) is 11.6 Å². The minimum Gasteiger partial charge on any atom is -0.336 e. The SMILES string of the molecule is Cc1cccc(NC(=O)CN(C)C(=O)[C@@H]2C[C@@H]2c2cccc(F)c2)n1. The van der Waals surface area contributed by atoms with Crippen LogP contribution in [0, 0.1) is 18.7 Å². The molecule has 2 aromatic rings. The lowest BCUT2D eigenvalue weighted by Crippen LogP contribution is -2.36. The summed E-state index contributed by atoms with van der Waals surface area (Å²) in [7, 11) is 1.60. The van der Waals surface area contributed by atoms with Crippen molar-refractivity contribution in [3.8, 4) is 0 Å². The fourth-order valence-corrected chi connectivity index (χ4v) is 2.94. The summed E-state index contributed by atoms with van der Waals surface area (Å²) in [6.45, 7) is 1.80. The second-order valence-electron chi connectivity index (χ2n) is 6.41. The molecule has 6 heteroatoms. The predicted molar refractivity (Wildman–Crippen MR) is 92.5 cm³/mol. The molecule has 2 amide bonds. The fourth-order valence-electron chi connectivity index (χ4n) is 2.94. The number of likely N-dealkylation sites (N-methyl/N-ethyl adjacent to an activating group) is 1. The van der Waals surface area contributed by atoms with Gasteiger partial charge in [0.25, 0.3) is 0 Å². The van der Waals surface area contributed by atoms with Crippen LogP contribution in [0.1, 0.15) is 23.6 Å². The second-order valence-corrected chi connectivity index (χ2v) is 6.41. The van der Waals surface area contributed by atoms with Crippen molar-refractivity contribution in [2.24, 2.45) is 5.92 Å². The highest BCUT2D eigenvalue weighted by molar-refractivity contribution is 5.94. The van der Waals surface area contributed by atoms with Crippen LogP contribution in [0.4, 0.5) is 10.2 Å². The number of nitrogens with zero attached hydrogens (tertiary/aromatic N) is 2. The Bertz CT molecular complexity index is 809. The zero-order valence-electron chi connectivity index (χ0n) is 14.2. The van der Waals surface area contributed by atoms with Gasteiger partial charge in [-0.3, -0.25) is 9.59 Å². The van der Waals surface area contributed by atoms with E-state index >= 15 is 0 Å². The van der Waals surface area contributed by atoms with E-state index in [2.05, 4.69) is 10.3 Å². The summed E-state index contributed by atoms with van der Waals surface area (Å²) in [4.78, 5) is 30.1. The number of pyridine rings is 1. The summed E-state index contributed by atoms with van der Waals surface area (Å²) in [5, 5.41) is 2.68. The smallest absolute Gasteiger partial charge is 0.245 e. The Morgan fingerprint density at radius 3 is 2.76 bits per heavy atom. The van der Waals surface area contributed by atoms with Crippen LogP contribution in [-0.4, -0.2) is 35.3 Å². The van der Waals surface area contributed by atoms with Crippen molar-refractivity contribution in [1.82, 2.24) is 9.88 Å². The van der Waals surface area contributed by atoms with E-state index in [1.807, 2.05) is 19.1 Å². The normalized spacial score (nSPS) is 18.5. The third-order valence-corrected chi connectivity index (χ3v) is 4.30. The zero-order chi connectivity index (χ0) is 18.0. The molecule has 0 saturated heterocycles. The Labute approximate surface area is 145 Å². The summed E-state index contributed by atoms with van der Waals surface area (Å²) < 4.78 is 13.3. The van der Waals surface area contributed by atoms with Gasteiger partial charge in [-0.2, -0.15) is 0 Å². The van der Waals surface area contributed by atoms with Crippen LogP contribution in [-0.2, 0) is 9.59 Å². The maximum absolute atomic E-state index is 13.3. The van der Waals surface area contributed by atoms with Gasteiger partial charge >= 0.3 is 0 Å². The molecule has 1 heterocycles. The highest BCUT2D eigenvalue weighted by Crippen LogP contribution is 2.48. The maximum atomic E-state index is 13.3. The third kappa shape index (κ3) is 4.21. The average Bonchev–Trinajstić information content (AvgIpc) is 3.34. The molecular weight excluding hydrogens is 321 g/mol. The van der Waals surface area contributed by atoms with Crippen LogP contribution in [0.15, 0.2) is 42.5 Å². The first-order valence-electron chi connectivity index (χ1n) is 8.18. The summed E-state index contributed by atoms with van der Waals surface area (Å²) in [5.41, 5.74) is 1.64. The van der Waals surface area contributed by atoms with Crippen molar-refractivity contribution in [3.05, 3.63) is 59.5 Å². The van der Waals surface area contributed by atoms with Crippen molar-refractivity contribution in [2.45, 2.75) is 19.3 Å². The molecule has 1 N–H and O–H groups in total. The topological polar surface area (TPSA) is 62.3 Å². The van der Waals surface area contributed by atoms with Crippen LogP contribution >= 0.6 is 0 Å². The average molecular weight is 341 g/mol. The lowest BCUT2D eigenvalue weighted by atomic mass is 10.1. The zero-order valence-corrected chi connectivity index (χ0v) is 14.2. The van der Waals surface area contributed by atoms with Crippen LogP contribution in [0.2, 0.25) is 0 Å². The van der Waals surface area contributed by atoms with Crippen LogP contribution in [0.5, 0.6) is 0 Å². The van der Waals surface area contributed by atoms with E-state index in [0.717, 1.165) is 11.3 Å². The molecule has 0 unspecified atom stereocenters. The van der Waals surface area contributed by atoms with E-state index in [0.29, 0.717) is 12.2 Å². The van der Waals surface area contributed by atoms with Crippen molar-refractivity contribution >= 4 is 17.6 Å². The van der Waals surface area contributed by atoms with Gasteiger partial charge in [0, 0.05) is 18.7 Å². The van der Waals surface area contributed by atoms with E-state index in [-0.39, 0.29) is 36.0 Å². The molecule has 2 atom stereocenters. The lowest BCUT2D eigenvalue weighted by Gasteiger charge is -2.17. The molecule has 0 bridgehead atoms. The number of hydrogen-bond donors (Lipinski definition) is 1. The first kappa shape index (κ1) is 17.1. The molecule has 5 nitrogen and oxygen atoms in total. The van der Waals surface area contributed by atoms with Gasteiger partial charge < -0.3 is 10.2 Å². The summed E-state index contributed by atoms with van der Waals surface area (Å²) in [5.74, 6) is -0.369. The molecule has 0 spiro atoms. The molecule has 1 aliphatic carbocycles. The minimum absolute atomic E-state index is 0.0344. The van der Waals surface area contributed by atoms with Gasteiger partial charge in [-0.05, 0) is 49.1 Å². The summed E-state index contributed by atoms with van der Waals surface area (Å²) >= 11 is 0. The van der Waals surface area contributed by atoms with Gasteiger partial charge in [-0.25, -0.2) is 9.37 Å². The lowest BCUT2D eigenvalue weighted by molar-refractivity contribution is -0.134. The summed E-state index contributed by atoms with van der Waals surface area (Å²) in [6, 6.07) is 11.7. The highest BCUT2D eigenvalue weighted by Gasteiger charge is 2.45. The molecule has 0 aliphatic heterocycles. The first-order chi connectivity index (χ1) is 11.9. The maximum Gasteiger partial charge on any atom is 0.245 e. The summed E-state index contributed by atoms with van der Waals surface area (Å²) in [6.07, 6.45) is 0.688. The van der Waals surface area contributed by atoms with Crippen molar-refractivity contribution in [2.75, 3.05) is 18.9 Å². The minimum atomic E-state index is -0.297. The number of amides is 2. The molecular formula is C19H20FN3O2. The molecule has 25 heavy (non-hydrogen) atoms. The quantitative estimate of drug-likeness (QED) is 0.909. The van der Waals surface area contributed by atoms with Gasteiger partial charge in [0.15, 0.2) is 0 Å². The Kier molecular flexibility index (Phi) is 4.79. The molecule has 3 rings (SSSR count). The molecule has 1 aliphatic rings. The standard InChI is InChI=1S/C19H20FN3O2/c1-12-5-3-8-17(21-12)22-18(24)11-23(2)19(25)16-10-15(16)13-6-4-7-14(20)9-13/h3-9,15-16H,10-11H2,1-2H3,(H,21,22,24)/t15-,16-/m1/s1. The highest BCUT2D eigenvalue weighted by atomic mass is 19.1. The number of rotatable bonds is 5. The van der Waals surface area contributed by atoms with Crippen molar-refractivity contribution < 1.29 is 14.0 Å². The number of halogens is 1. The van der Waals surface area contributed by atoms with Gasteiger partial charge in [0.05, 0.1) is 6.54 Å². The number of carbonyl (C=O) groups is 2. The number of aromatic nitrogens is 1. The first-order valence-corrected chi connectivity index (χ1v) is 8.18. The monoisotopic (exact) mass is 341 g/mol. The number of aryl methyl sites for hydroxylation is 1. The van der Waals surface area contributed by atoms with E-state index in [9.17, 15) is 14.0 Å². The molecule has 130 valence electrons. The number of carbonyl (C=O) groups excluding carboxylic acids is 2. The van der Waals surface area contributed by atoms with Crippen LogP contribution < -0.4 is 5.32 Å². The van der Waals surface area contributed by atoms with Gasteiger partial charge in [0.2, 0.25) is 11.8 Å². The molecule has 1 saturated carbocycles. The molecule has 1 aromatic heterocycles. The Hall–Kier alpha value is -2.76. The largest absolute Gasteiger partial charge is 0.336 e. The number of hydrogen-bond acceptors (Lipinski definition) is 3. The fraction of sp³-hybridized carbons (Fsp3) is 0.316. The predicted octanol–water partition coefficient (Wildman–Crippen LogP) is 2.73. The van der Waals surface area contributed by atoms with Gasteiger partial charge in [-0.15, -0.1) is 0 Å². The third-order valence-electron chi connectivity index (χ3n) is 4.30. The Morgan fingerprint density at radius 2 is 2.04 bits per heavy atom. The van der Waals surface area contributed by atoms with E-state index in [1.165, 1.54) is 17.0 Å². The van der Waals surface area contributed by atoms with Crippen molar-refractivity contribution in [3.63, 3.8) is 0 Å². The van der Waals surface area contributed by atoms with E-state index in [4.69, 9.17) is 0 Å². The molecule has 1 fully saturated rings. The van der Waals surface area contributed by atoms with E-state index < -0.39 is 0 Å². The molecule has 1 aromatic carbocycles. The number of benzene rings is 1. The second kappa shape index (κ2) is 7.01. The Morgan fingerprint density at radius 1 is 1.28 bits per heavy atom. The van der Waals surface area contributed by atoms with Crippen LogP contribution in [0.25, 0.3) is 0 Å².